The summed E-state index contributed by atoms with van der Waals surface area (Å²) in [6.45, 7) is 4.54. The maximum atomic E-state index is 12.7. The maximum Gasteiger partial charge on any atom is 0.306 e. The van der Waals surface area contributed by atoms with E-state index in [1.807, 2.05) is 0 Å². The second-order valence-electron chi connectivity index (χ2n) is 15.9. The highest BCUT2D eigenvalue weighted by molar-refractivity contribution is 5.69. The minimum atomic E-state index is -0.704. The number of hydrogen-bond acceptors (Lipinski definition) is 3. The van der Waals surface area contributed by atoms with Gasteiger partial charge in [-0.25, -0.2) is 0 Å². The van der Waals surface area contributed by atoms with Gasteiger partial charge in [-0.1, -0.05) is 212 Å². The molecule has 0 aliphatic heterocycles. The van der Waals surface area contributed by atoms with E-state index in [1.54, 1.807) is 0 Å². The van der Waals surface area contributed by atoms with Gasteiger partial charge in [-0.3, -0.25) is 9.59 Å². The van der Waals surface area contributed by atoms with Crippen molar-refractivity contribution < 1.29 is 19.4 Å². The molecule has 0 bridgehead atoms. The molecule has 1 N–H and O–H groups in total. The Bertz CT molecular complexity index is 787. The number of ether oxygens (including phenoxy) is 1. The van der Waals surface area contributed by atoms with E-state index in [0.717, 1.165) is 77.0 Å². The van der Waals surface area contributed by atoms with Crippen molar-refractivity contribution in [3.8, 4) is 0 Å². The first kappa shape index (κ1) is 50.4. The maximum absolute atomic E-state index is 12.7. The van der Waals surface area contributed by atoms with Crippen molar-refractivity contribution in [3.05, 3.63) is 24.3 Å². The summed E-state index contributed by atoms with van der Waals surface area (Å²) < 4.78 is 6.00. The number of rotatable bonds is 43. The van der Waals surface area contributed by atoms with Crippen molar-refractivity contribution >= 4 is 11.9 Å². The van der Waals surface area contributed by atoms with Gasteiger partial charge >= 0.3 is 11.9 Å². The summed E-state index contributed by atoms with van der Waals surface area (Å²) in [5.41, 5.74) is 0. The van der Waals surface area contributed by atoms with Gasteiger partial charge in [0, 0.05) is 12.8 Å². The molecule has 1 atom stereocenters. The molecule has 0 amide bonds. The van der Waals surface area contributed by atoms with Crippen LogP contribution in [0.15, 0.2) is 24.3 Å². The van der Waals surface area contributed by atoms with Gasteiger partial charge in [0.05, 0.1) is 0 Å². The van der Waals surface area contributed by atoms with E-state index in [1.165, 1.54) is 161 Å². The summed E-state index contributed by atoms with van der Waals surface area (Å²) in [7, 11) is 0. The predicted molar refractivity (Wildman–Crippen MR) is 227 cm³/mol. The van der Waals surface area contributed by atoms with E-state index in [0.29, 0.717) is 6.42 Å². The van der Waals surface area contributed by atoms with Crippen LogP contribution in [0, 0.1) is 0 Å². The van der Waals surface area contributed by atoms with Gasteiger partial charge in [0.1, 0.15) is 6.10 Å². The second kappa shape index (κ2) is 43.8. The number of carbonyl (C=O) groups is 2. The summed E-state index contributed by atoms with van der Waals surface area (Å²) >= 11 is 0. The molecular weight excluding hydrogens is 641 g/mol. The fourth-order valence-electron chi connectivity index (χ4n) is 7.22. The van der Waals surface area contributed by atoms with Crippen molar-refractivity contribution in [1.29, 1.82) is 0 Å². The van der Waals surface area contributed by atoms with Gasteiger partial charge in [-0.15, -0.1) is 0 Å². The van der Waals surface area contributed by atoms with E-state index >= 15 is 0 Å². The molecule has 0 saturated heterocycles. The third kappa shape index (κ3) is 42.8. The quantitative estimate of drug-likeness (QED) is 0.0385. The van der Waals surface area contributed by atoms with Crippen LogP contribution in [0.2, 0.25) is 0 Å². The number of esters is 1. The van der Waals surface area contributed by atoms with Crippen LogP contribution in [0.5, 0.6) is 0 Å². The smallest absolute Gasteiger partial charge is 0.306 e. The molecule has 0 heterocycles. The lowest BCUT2D eigenvalue weighted by molar-refractivity contribution is -0.150. The molecule has 0 aromatic heterocycles. The first-order chi connectivity index (χ1) is 25.6. The fraction of sp³-hybridized carbons (Fsp3) is 0.875. The third-order valence-corrected chi connectivity index (χ3v) is 10.7. The average Bonchev–Trinajstić information content (AvgIpc) is 3.13. The lowest BCUT2D eigenvalue weighted by atomic mass is 10.0. The topological polar surface area (TPSA) is 63.6 Å². The van der Waals surface area contributed by atoms with Crippen LogP contribution in [0.4, 0.5) is 0 Å². The highest BCUT2D eigenvalue weighted by Crippen LogP contribution is 2.19. The van der Waals surface area contributed by atoms with E-state index < -0.39 is 5.97 Å². The largest absolute Gasteiger partial charge is 0.481 e. The Hall–Kier alpha value is -1.58. The zero-order chi connectivity index (χ0) is 37.8. The van der Waals surface area contributed by atoms with Crippen LogP contribution >= 0.6 is 0 Å². The molecular formula is C48H90O4. The Morgan fingerprint density at radius 3 is 1.21 bits per heavy atom. The predicted octanol–water partition coefficient (Wildman–Crippen LogP) is 16.3. The van der Waals surface area contributed by atoms with Crippen molar-refractivity contribution in [2.45, 2.75) is 270 Å². The molecule has 306 valence electrons. The molecule has 0 fully saturated rings. The number of allylic oxidation sites excluding steroid dienone is 4. The van der Waals surface area contributed by atoms with Crippen LogP contribution < -0.4 is 0 Å². The highest BCUT2D eigenvalue weighted by Gasteiger charge is 2.14. The first-order valence-corrected chi connectivity index (χ1v) is 23.3. The van der Waals surface area contributed by atoms with Gasteiger partial charge in [0.25, 0.3) is 0 Å². The molecule has 0 radical (unpaired) electrons. The standard InChI is InChI=1S/C48H90O4/c1-3-5-7-9-11-13-15-16-17-18-19-20-21-22-23-24-25-26-28-30-32-37-41-45-48(51)52-46(43-39-35-33-36-40-44-47(49)50)42-38-34-31-29-27-14-12-10-8-6-4-2/h12,14,29,31,46H,3-11,13,15-28,30,32-45H2,1-2H3,(H,49,50)/b14-12-,31-29-. The van der Waals surface area contributed by atoms with E-state index in [-0.39, 0.29) is 18.5 Å². The molecule has 0 aromatic rings. The van der Waals surface area contributed by atoms with Crippen LogP contribution in [0.3, 0.4) is 0 Å². The minimum absolute atomic E-state index is 0.0151. The number of aliphatic carboxylic acids is 1. The number of hydrogen-bond donors (Lipinski definition) is 1. The molecule has 4 nitrogen and oxygen atoms in total. The Balaban J connectivity index is 3.85. The van der Waals surface area contributed by atoms with Crippen LogP contribution in [0.1, 0.15) is 264 Å². The van der Waals surface area contributed by atoms with Crippen LogP contribution in [-0.2, 0) is 14.3 Å². The van der Waals surface area contributed by atoms with E-state index in [2.05, 4.69) is 38.2 Å². The summed E-state index contributed by atoms with van der Waals surface area (Å²) in [5.74, 6) is -0.719. The van der Waals surface area contributed by atoms with Gasteiger partial charge < -0.3 is 9.84 Å². The third-order valence-electron chi connectivity index (χ3n) is 10.7. The van der Waals surface area contributed by atoms with Crippen LogP contribution in [-0.4, -0.2) is 23.1 Å². The monoisotopic (exact) mass is 731 g/mol. The van der Waals surface area contributed by atoms with E-state index in [4.69, 9.17) is 9.84 Å². The van der Waals surface area contributed by atoms with Crippen molar-refractivity contribution in [3.63, 3.8) is 0 Å². The van der Waals surface area contributed by atoms with Crippen LogP contribution in [0.25, 0.3) is 0 Å². The molecule has 0 aliphatic rings. The Labute approximate surface area is 325 Å². The average molecular weight is 731 g/mol. The second-order valence-corrected chi connectivity index (χ2v) is 15.9. The van der Waals surface area contributed by atoms with Gasteiger partial charge in [0.15, 0.2) is 0 Å². The minimum Gasteiger partial charge on any atom is -0.481 e. The highest BCUT2D eigenvalue weighted by atomic mass is 16.5. The lowest BCUT2D eigenvalue weighted by Gasteiger charge is -2.18. The number of unbranched alkanes of at least 4 members (excludes halogenated alkanes) is 30. The van der Waals surface area contributed by atoms with E-state index in [9.17, 15) is 9.59 Å². The lowest BCUT2D eigenvalue weighted by Crippen LogP contribution is -2.18. The molecule has 52 heavy (non-hydrogen) atoms. The molecule has 0 spiro atoms. The molecule has 0 rings (SSSR count). The molecule has 0 aromatic carbocycles. The number of carboxylic acid groups (broad SMARTS) is 1. The molecule has 1 unspecified atom stereocenters. The Morgan fingerprint density at radius 1 is 0.423 bits per heavy atom. The van der Waals surface area contributed by atoms with Crippen molar-refractivity contribution in [1.82, 2.24) is 0 Å². The molecule has 0 saturated carbocycles. The summed E-state index contributed by atoms with van der Waals surface area (Å²) in [5, 5.41) is 8.83. The summed E-state index contributed by atoms with van der Waals surface area (Å²) in [6.07, 6.45) is 56.6. The normalized spacial score (nSPS) is 12.3. The van der Waals surface area contributed by atoms with Gasteiger partial charge in [-0.2, -0.15) is 0 Å². The Kier molecular flexibility index (Phi) is 42.5. The summed E-state index contributed by atoms with van der Waals surface area (Å²) in [4.78, 5) is 23.4. The fourth-order valence-corrected chi connectivity index (χ4v) is 7.22. The zero-order valence-electron chi connectivity index (χ0n) is 35.1. The first-order valence-electron chi connectivity index (χ1n) is 23.3. The van der Waals surface area contributed by atoms with Crippen molar-refractivity contribution in [2.75, 3.05) is 0 Å². The zero-order valence-corrected chi connectivity index (χ0v) is 35.1. The summed E-state index contributed by atoms with van der Waals surface area (Å²) in [6, 6.07) is 0. The molecule has 0 aliphatic carbocycles. The SMILES string of the molecule is CCCCC/C=C\C/C=C\CCCC(CCCCCCCC(=O)O)OC(=O)CCCCCCCCCCCCCCCCCCCCCCCCC. The van der Waals surface area contributed by atoms with Gasteiger partial charge in [-0.05, 0) is 64.2 Å². The Morgan fingerprint density at radius 2 is 0.769 bits per heavy atom. The number of carbonyl (C=O) groups excluding carboxylic acids is 1. The number of carboxylic acids is 1. The van der Waals surface area contributed by atoms with Crippen molar-refractivity contribution in [2.24, 2.45) is 0 Å². The van der Waals surface area contributed by atoms with Gasteiger partial charge in [0.2, 0.25) is 0 Å². The molecule has 4 heteroatoms.